The van der Waals surface area contributed by atoms with Crippen LogP contribution in [0.5, 0.6) is 0 Å². The molecule has 0 spiro atoms. The van der Waals surface area contributed by atoms with Gasteiger partial charge >= 0.3 is 0 Å². The first-order chi connectivity index (χ1) is 17.2. The highest BCUT2D eigenvalue weighted by Gasteiger charge is 2.52. The van der Waals surface area contributed by atoms with E-state index in [0.29, 0.717) is 37.6 Å². The summed E-state index contributed by atoms with van der Waals surface area (Å²) in [5.74, 6) is 0.156. The molecule has 1 saturated carbocycles. The molecule has 10 heteroatoms. The molecule has 1 amide bonds. The fraction of sp³-hybridized carbons (Fsp3) is 0.192. The molecule has 6 nitrogen and oxygen atoms in total. The van der Waals surface area contributed by atoms with Crippen LogP contribution in [0, 0.1) is 5.82 Å². The summed E-state index contributed by atoms with van der Waals surface area (Å²) in [6, 6.07) is 16.2. The fourth-order valence-electron chi connectivity index (χ4n) is 4.13. The van der Waals surface area contributed by atoms with Crippen LogP contribution >= 0.6 is 23.2 Å². The van der Waals surface area contributed by atoms with Crippen molar-refractivity contribution in [3.05, 3.63) is 93.5 Å². The summed E-state index contributed by atoms with van der Waals surface area (Å²) in [4.78, 5) is 17.8. The van der Waals surface area contributed by atoms with Gasteiger partial charge in [0.25, 0.3) is 5.89 Å². The number of rotatable bonds is 7. The molecule has 1 aliphatic carbocycles. The van der Waals surface area contributed by atoms with Crippen molar-refractivity contribution in [1.82, 2.24) is 10.1 Å². The molecule has 0 aliphatic heterocycles. The van der Waals surface area contributed by atoms with E-state index < -0.39 is 16.6 Å². The van der Waals surface area contributed by atoms with E-state index in [1.807, 2.05) is 0 Å². The van der Waals surface area contributed by atoms with Crippen molar-refractivity contribution in [3.8, 4) is 11.5 Å². The molecule has 1 N–H and O–H groups in total. The number of aromatic nitrogens is 2. The number of carbonyl (C=O) groups is 1. The van der Waals surface area contributed by atoms with Gasteiger partial charge in [0.1, 0.15) is 12.1 Å². The van der Waals surface area contributed by atoms with Crippen molar-refractivity contribution in [1.29, 1.82) is 0 Å². The molecule has 36 heavy (non-hydrogen) atoms. The van der Waals surface area contributed by atoms with Crippen molar-refractivity contribution in [3.63, 3.8) is 0 Å². The Kier molecular flexibility index (Phi) is 6.78. The van der Waals surface area contributed by atoms with Crippen molar-refractivity contribution in [2.24, 2.45) is 0 Å². The molecular weight excluding hydrogens is 524 g/mol. The third-order valence-corrected chi connectivity index (χ3v) is 7.65. The second-order valence-electron chi connectivity index (χ2n) is 8.65. The lowest BCUT2D eigenvalue weighted by atomic mass is 9.94. The number of amides is 1. The summed E-state index contributed by atoms with van der Waals surface area (Å²) >= 11 is 12.2. The van der Waals surface area contributed by atoms with Gasteiger partial charge in [-0.15, -0.1) is 0 Å². The maximum Gasteiger partial charge on any atom is 0.257 e. The Morgan fingerprint density at radius 2 is 1.75 bits per heavy atom. The van der Waals surface area contributed by atoms with E-state index in [1.165, 1.54) is 12.1 Å². The van der Waals surface area contributed by atoms with Crippen LogP contribution in [0.3, 0.4) is 0 Å². The quantitative estimate of drug-likeness (QED) is 0.281. The first-order valence-corrected chi connectivity index (χ1v) is 13.4. The number of benzene rings is 3. The van der Waals surface area contributed by atoms with Gasteiger partial charge in [0.2, 0.25) is 5.91 Å². The molecule has 1 aromatic heterocycles. The van der Waals surface area contributed by atoms with Crippen molar-refractivity contribution in [2.75, 3.05) is 11.6 Å². The smallest absolute Gasteiger partial charge is 0.257 e. The summed E-state index contributed by atoms with van der Waals surface area (Å²) in [6.07, 6.45) is 3.22. The van der Waals surface area contributed by atoms with Crippen molar-refractivity contribution in [2.45, 2.75) is 29.6 Å². The van der Waals surface area contributed by atoms with E-state index in [4.69, 9.17) is 27.7 Å². The standard InChI is InChI=1S/C26H20Cl2FN3O3S/c1-36(34)19-8-2-15(3-9-19)12-22(33)30-18-13-20(27)23(21(28)14-18)26(10-11-26)25-31-24(35-32-25)16-4-6-17(29)7-5-16/h2-9,13-14H,10-12H2,1H3,(H,30,33). The second kappa shape index (κ2) is 9.86. The predicted octanol–water partition coefficient (Wildman–Crippen LogP) is 6.18. The first kappa shape index (κ1) is 24.8. The SMILES string of the molecule is C[S+]([O-])c1ccc(CC(=O)Nc2cc(Cl)c(C3(c4noc(-c5ccc(F)cc5)n4)CC3)c(Cl)c2)cc1. The zero-order valence-electron chi connectivity index (χ0n) is 19.1. The van der Waals surface area contributed by atoms with Gasteiger partial charge in [-0.1, -0.05) is 40.5 Å². The third kappa shape index (κ3) is 4.99. The van der Waals surface area contributed by atoms with Gasteiger partial charge in [0, 0.05) is 26.9 Å². The molecule has 3 aromatic carbocycles. The highest BCUT2D eigenvalue weighted by atomic mass is 35.5. The maximum absolute atomic E-state index is 13.2. The number of halogens is 3. The minimum atomic E-state index is -1.07. The minimum Gasteiger partial charge on any atom is -0.612 e. The number of hydrogen-bond donors (Lipinski definition) is 1. The normalized spacial score (nSPS) is 14.9. The van der Waals surface area contributed by atoms with Gasteiger partial charge in [-0.25, -0.2) is 4.39 Å². The van der Waals surface area contributed by atoms with Crippen LogP contribution in [0.1, 0.15) is 29.8 Å². The van der Waals surface area contributed by atoms with Crippen LogP contribution in [-0.4, -0.2) is 26.9 Å². The highest BCUT2D eigenvalue weighted by Crippen LogP contribution is 2.57. The Bertz CT molecular complexity index is 1400. The summed E-state index contributed by atoms with van der Waals surface area (Å²) in [7, 11) is 0. The molecule has 1 aliphatic rings. The molecule has 0 bridgehead atoms. The monoisotopic (exact) mass is 543 g/mol. The molecule has 1 unspecified atom stereocenters. The Labute approximate surface area is 220 Å². The lowest BCUT2D eigenvalue weighted by molar-refractivity contribution is -0.115. The lowest BCUT2D eigenvalue weighted by Gasteiger charge is -2.17. The molecule has 5 rings (SSSR count). The van der Waals surface area contributed by atoms with Gasteiger partial charge in [-0.3, -0.25) is 4.79 Å². The van der Waals surface area contributed by atoms with Crippen LogP contribution < -0.4 is 5.32 Å². The summed E-state index contributed by atoms with van der Waals surface area (Å²) in [6.45, 7) is 0. The topological polar surface area (TPSA) is 91.1 Å². The average molecular weight is 544 g/mol. The number of nitrogens with one attached hydrogen (secondary N) is 1. The maximum atomic E-state index is 13.2. The first-order valence-electron chi connectivity index (χ1n) is 11.1. The van der Waals surface area contributed by atoms with Crippen molar-refractivity contribution < 1.29 is 18.3 Å². The second-order valence-corrected chi connectivity index (χ2v) is 10.8. The zero-order valence-corrected chi connectivity index (χ0v) is 21.4. The molecule has 1 atom stereocenters. The van der Waals surface area contributed by atoms with Gasteiger partial charge < -0.3 is 14.4 Å². The molecular formula is C26H20Cl2FN3O3S. The van der Waals surface area contributed by atoms with Crippen LogP contribution in [0.4, 0.5) is 10.1 Å². The Morgan fingerprint density at radius 1 is 1.11 bits per heavy atom. The lowest BCUT2D eigenvalue weighted by Crippen LogP contribution is -2.16. The largest absolute Gasteiger partial charge is 0.612 e. The molecule has 1 heterocycles. The number of hydrogen-bond acceptors (Lipinski definition) is 5. The molecule has 0 saturated heterocycles. The highest BCUT2D eigenvalue weighted by molar-refractivity contribution is 7.90. The molecule has 0 radical (unpaired) electrons. The Hall–Kier alpha value is -2.91. The van der Waals surface area contributed by atoms with Crippen LogP contribution in [0.15, 0.2) is 70.1 Å². The molecule has 184 valence electrons. The van der Waals surface area contributed by atoms with Crippen LogP contribution in [0.25, 0.3) is 11.5 Å². The zero-order chi connectivity index (χ0) is 25.4. The van der Waals surface area contributed by atoms with E-state index in [0.717, 1.165) is 18.4 Å². The summed E-state index contributed by atoms with van der Waals surface area (Å²) in [5, 5.41) is 7.76. The van der Waals surface area contributed by atoms with E-state index in [1.54, 1.807) is 54.8 Å². The third-order valence-electron chi connectivity index (χ3n) is 6.12. The Balaban J connectivity index is 1.33. The predicted molar refractivity (Wildman–Crippen MR) is 137 cm³/mol. The average Bonchev–Trinajstić information content (AvgIpc) is 3.46. The van der Waals surface area contributed by atoms with E-state index in [2.05, 4.69) is 15.5 Å². The fourth-order valence-corrected chi connectivity index (χ4v) is 5.50. The van der Waals surface area contributed by atoms with Crippen molar-refractivity contribution >= 4 is 46.0 Å². The molecule has 1 fully saturated rings. The summed E-state index contributed by atoms with van der Waals surface area (Å²) in [5.41, 5.74) is 1.97. The van der Waals surface area contributed by atoms with Gasteiger partial charge in [0.15, 0.2) is 10.7 Å². The number of anilines is 1. The Morgan fingerprint density at radius 3 is 2.33 bits per heavy atom. The van der Waals surface area contributed by atoms with Crippen LogP contribution in [-0.2, 0) is 27.8 Å². The van der Waals surface area contributed by atoms with Gasteiger partial charge in [-0.05, 0) is 78.1 Å². The van der Waals surface area contributed by atoms with E-state index in [9.17, 15) is 13.7 Å². The van der Waals surface area contributed by atoms with Crippen LogP contribution in [0.2, 0.25) is 10.0 Å². The van der Waals surface area contributed by atoms with E-state index in [-0.39, 0.29) is 24.0 Å². The minimum absolute atomic E-state index is 0.145. The number of carbonyl (C=O) groups excluding carboxylic acids is 1. The molecule has 4 aromatic rings. The number of nitrogens with zero attached hydrogens (tertiary/aromatic N) is 2. The van der Waals surface area contributed by atoms with Gasteiger partial charge in [0.05, 0.1) is 11.8 Å². The van der Waals surface area contributed by atoms with E-state index >= 15 is 0 Å². The van der Waals surface area contributed by atoms with Gasteiger partial charge in [-0.2, -0.15) is 4.98 Å². The summed E-state index contributed by atoms with van der Waals surface area (Å²) < 4.78 is 30.2.